The van der Waals surface area contributed by atoms with Gasteiger partial charge in [-0.25, -0.2) is 4.79 Å². The van der Waals surface area contributed by atoms with Gasteiger partial charge in [0.25, 0.3) is 0 Å². The van der Waals surface area contributed by atoms with Crippen molar-refractivity contribution in [3.8, 4) is 0 Å². The van der Waals surface area contributed by atoms with E-state index in [4.69, 9.17) is 9.84 Å². The van der Waals surface area contributed by atoms with Crippen LogP contribution in [0.2, 0.25) is 0 Å². The second-order valence-electron chi connectivity index (χ2n) is 2.22. The van der Waals surface area contributed by atoms with Crippen LogP contribution in [0, 0.1) is 0 Å². The van der Waals surface area contributed by atoms with Gasteiger partial charge in [0.15, 0.2) is 0 Å². The Morgan fingerprint density at radius 3 is 2.50 bits per heavy atom. The summed E-state index contributed by atoms with van der Waals surface area (Å²) in [5.41, 5.74) is 0.0914. The molecular weight excluding hydrogens is 132 g/mol. The monoisotopic (exact) mass is 144 g/mol. The van der Waals surface area contributed by atoms with Gasteiger partial charge in [-0.3, -0.25) is 0 Å². The highest BCUT2D eigenvalue weighted by molar-refractivity contribution is 5.87. The van der Waals surface area contributed by atoms with Gasteiger partial charge >= 0.3 is 5.97 Å². The fourth-order valence-electron chi connectivity index (χ4n) is 0.362. The van der Waals surface area contributed by atoms with E-state index in [2.05, 4.69) is 6.58 Å². The molecule has 58 valence electrons. The van der Waals surface area contributed by atoms with Gasteiger partial charge in [-0.1, -0.05) is 6.58 Å². The van der Waals surface area contributed by atoms with E-state index in [1.54, 1.807) is 13.8 Å². The van der Waals surface area contributed by atoms with Crippen LogP contribution in [0.3, 0.4) is 0 Å². The number of esters is 1. The number of hydrogen-bond donors (Lipinski definition) is 1. The van der Waals surface area contributed by atoms with E-state index in [-0.39, 0.29) is 18.3 Å². The van der Waals surface area contributed by atoms with Gasteiger partial charge in [0.1, 0.15) is 0 Å². The lowest BCUT2D eigenvalue weighted by atomic mass is 10.3. The van der Waals surface area contributed by atoms with Crippen LogP contribution in [-0.4, -0.2) is 23.8 Å². The SMILES string of the molecule is C=C(CO)C(=O)OC(C)C. The molecule has 0 aromatic carbocycles. The second kappa shape index (κ2) is 4.06. The summed E-state index contributed by atoms with van der Waals surface area (Å²) >= 11 is 0. The fourth-order valence-corrected chi connectivity index (χ4v) is 0.362. The summed E-state index contributed by atoms with van der Waals surface area (Å²) in [4.78, 5) is 10.7. The van der Waals surface area contributed by atoms with Crippen LogP contribution < -0.4 is 0 Å². The smallest absolute Gasteiger partial charge is 0.336 e. The molecule has 3 nitrogen and oxygen atoms in total. The van der Waals surface area contributed by atoms with Gasteiger partial charge in [0.2, 0.25) is 0 Å². The Hall–Kier alpha value is -0.830. The lowest BCUT2D eigenvalue weighted by Gasteiger charge is -2.07. The van der Waals surface area contributed by atoms with Crippen molar-refractivity contribution in [3.63, 3.8) is 0 Å². The quantitative estimate of drug-likeness (QED) is 0.463. The van der Waals surface area contributed by atoms with Crippen molar-refractivity contribution in [2.24, 2.45) is 0 Å². The number of carbonyl (C=O) groups excluding carboxylic acids is 1. The Kier molecular flexibility index (Phi) is 3.72. The summed E-state index contributed by atoms with van der Waals surface area (Å²) in [7, 11) is 0. The predicted molar refractivity (Wildman–Crippen MR) is 37.5 cm³/mol. The van der Waals surface area contributed by atoms with E-state index >= 15 is 0 Å². The molecule has 0 heterocycles. The Bertz CT molecular complexity index is 138. The minimum atomic E-state index is -0.530. The molecule has 0 aliphatic heterocycles. The van der Waals surface area contributed by atoms with E-state index in [0.29, 0.717) is 0 Å². The maximum absolute atomic E-state index is 10.7. The highest BCUT2D eigenvalue weighted by Crippen LogP contribution is 1.96. The Morgan fingerprint density at radius 2 is 2.20 bits per heavy atom. The minimum absolute atomic E-state index is 0.0914. The summed E-state index contributed by atoms with van der Waals surface area (Å²) in [5.74, 6) is -0.530. The fraction of sp³-hybridized carbons (Fsp3) is 0.571. The molecule has 0 aliphatic rings. The van der Waals surface area contributed by atoms with Crippen LogP contribution in [0.15, 0.2) is 12.2 Å². The molecule has 0 aliphatic carbocycles. The van der Waals surface area contributed by atoms with Crippen LogP contribution in [0.4, 0.5) is 0 Å². The molecule has 0 atom stereocenters. The molecule has 0 fully saturated rings. The molecule has 0 radical (unpaired) electrons. The van der Waals surface area contributed by atoms with Crippen LogP contribution in [0.5, 0.6) is 0 Å². The molecule has 0 unspecified atom stereocenters. The van der Waals surface area contributed by atoms with Crippen LogP contribution in [-0.2, 0) is 9.53 Å². The molecule has 0 spiro atoms. The summed E-state index contributed by atoms with van der Waals surface area (Å²) in [6.07, 6.45) is -0.157. The van der Waals surface area contributed by atoms with Gasteiger partial charge in [-0.05, 0) is 13.8 Å². The summed E-state index contributed by atoms with van der Waals surface area (Å²) < 4.78 is 4.70. The first-order valence-electron chi connectivity index (χ1n) is 3.07. The Balaban J connectivity index is 3.74. The standard InChI is InChI=1S/C7H12O3/c1-5(2)10-7(9)6(3)4-8/h5,8H,3-4H2,1-2H3. The van der Waals surface area contributed by atoms with Gasteiger partial charge in [0.05, 0.1) is 18.3 Å². The van der Waals surface area contributed by atoms with Crippen LogP contribution in [0.25, 0.3) is 0 Å². The zero-order valence-corrected chi connectivity index (χ0v) is 6.26. The molecule has 0 saturated heterocycles. The summed E-state index contributed by atoms with van der Waals surface area (Å²) in [6, 6.07) is 0. The third-order valence-corrected chi connectivity index (χ3v) is 0.822. The van der Waals surface area contributed by atoms with E-state index in [0.717, 1.165) is 0 Å². The second-order valence-corrected chi connectivity index (χ2v) is 2.22. The molecular formula is C7H12O3. The normalized spacial score (nSPS) is 9.60. The highest BCUT2D eigenvalue weighted by atomic mass is 16.5. The average molecular weight is 144 g/mol. The lowest BCUT2D eigenvalue weighted by molar-refractivity contribution is -0.143. The zero-order chi connectivity index (χ0) is 8.15. The molecule has 0 aromatic heterocycles. The van der Waals surface area contributed by atoms with Crippen LogP contribution >= 0.6 is 0 Å². The number of hydrogen-bond acceptors (Lipinski definition) is 3. The van der Waals surface area contributed by atoms with Gasteiger partial charge < -0.3 is 9.84 Å². The zero-order valence-electron chi connectivity index (χ0n) is 6.26. The maximum atomic E-state index is 10.7. The van der Waals surface area contributed by atoms with Crippen molar-refractivity contribution in [1.82, 2.24) is 0 Å². The molecule has 0 amide bonds. The van der Waals surface area contributed by atoms with Gasteiger partial charge in [-0.15, -0.1) is 0 Å². The first-order chi connectivity index (χ1) is 4.57. The molecule has 3 heteroatoms. The average Bonchev–Trinajstić information content (AvgIpc) is 1.85. The van der Waals surface area contributed by atoms with E-state index in [9.17, 15) is 4.79 Å². The van der Waals surface area contributed by atoms with Crippen molar-refractivity contribution >= 4 is 5.97 Å². The summed E-state index contributed by atoms with van der Waals surface area (Å²) in [6.45, 7) is 6.44. The number of carbonyl (C=O) groups is 1. The van der Waals surface area contributed by atoms with Gasteiger partial charge in [0, 0.05) is 0 Å². The van der Waals surface area contributed by atoms with Crippen molar-refractivity contribution in [2.75, 3.05) is 6.61 Å². The third-order valence-electron chi connectivity index (χ3n) is 0.822. The van der Waals surface area contributed by atoms with Crippen molar-refractivity contribution in [3.05, 3.63) is 12.2 Å². The topological polar surface area (TPSA) is 46.5 Å². The number of aliphatic hydroxyl groups excluding tert-OH is 1. The van der Waals surface area contributed by atoms with Crippen molar-refractivity contribution in [2.45, 2.75) is 20.0 Å². The summed E-state index contributed by atoms with van der Waals surface area (Å²) in [5, 5.41) is 8.42. The Labute approximate surface area is 60.3 Å². The van der Waals surface area contributed by atoms with E-state index in [1.807, 2.05) is 0 Å². The molecule has 0 rings (SSSR count). The van der Waals surface area contributed by atoms with Crippen molar-refractivity contribution < 1.29 is 14.6 Å². The minimum Gasteiger partial charge on any atom is -0.460 e. The number of ether oxygens (including phenoxy) is 1. The maximum Gasteiger partial charge on any atom is 0.336 e. The molecule has 0 bridgehead atoms. The predicted octanol–water partition coefficient (Wildman–Crippen LogP) is 0.486. The largest absolute Gasteiger partial charge is 0.460 e. The van der Waals surface area contributed by atoms with E-state index in [1.165, 1.54) is 0 Å². The van der Waals surface area contributed by atoms with E-state index < -0.39 is 5.97 Å². The molecule has 0 aromatic rings. The third kappa shape index (κ3) is 3.25. The molecule has 1 N–H and O–H groups in total. The lowest BCUT2D eigenvalue weighted by Crippen LogP contribution is -2.14. The molecule has 10 heavy (non-hydrogen) atoms. The first kappa shape index (κ1) is 9.17. The first-order valence-corrected chi connectivity index (χ1v) is 3.07. The molecule has 0 saturated carbocycles. The Morgan fingerprint density at radius 1 is 1.70 bits per heavy atom. The number of rotatable bonds is 3. The van der Waals surface area contributed by atoms with Crippen LogP contribution in [0.1, 0.15) is 13.8 Å². The van der Waals surface area contributed by atoms with Gasteiger partial charge in [-0.2, -0.15) is 0 Å². The number of aliphatic hydroxyl groups is 1. The van der Waals surface area contributed by atoms with Crippen molar-refractivity contribution in [1.29, 1.82) is 0 Å². The highest BCUT2D eigenvalue weighted by Gasteiger charge is 2.07.